The lowest BCUT2D eigenvalue weighted by Gasteiger charge is -2.23. The largest absolute Gasteiger partial charge is 0.495 e. The molecule has 1 atom stereocenters. The molecule has 0 aliphatic heterocycles. The molecule has 0 aliphatic carbocycles. The van der Waals surface area contributed by atoms with Gasteiger partial charge in [-0.1, -0.05) is 11.6 Å². The van der Waals surface area contributed by atoms with E-state index in [0.29, 0.717) is 29.5 Å². The fourth-order valence-corrected chi connectivity index (χ4v) is 1.94. The van der Waals surface area contributed by atoms with Gasteiger partial charge in [0.05, 0.1) is 25.3 Å². The number of benzene rings is 1. The molecule has 0 bridgehead atoms. The van der Waals surface area contributed by atoms with Gasteiger partial charge in [-0.15, -0.1) is 0 Å². The number of carbonyl (C=O) groups excluding carboxylic acids is 1. The maximum atomic E-state index is 12.1. The predicted molar refractivity (Wildman–Crippen MR) is 76.3 cm³/mol. The molecule has 1 rings (SSSR count). The molecular weight excluding hydrogens is 266 g/mol. The van der Waals surface area contributed by atoms with E-state index in [-0.39, 0.29) is 11.8 Å². The summed E-state index contributed by atoms with van der Waals surface area (Å²) in [5.74, 6) is 0.592. The number of hydrogen-bond acceptors (Lipinski definition) is 4. The smallest absolute Gasteiger partial charge is 0.176 e. The van der Waals surface area contributed by atoms with E-state index in [1.54, 1.807) is 32.4 Å². The van der Waals surface area contributed by atoms with Gasteiger partial charge in [0.2, 0.25) is 0 Å². The molecule has 0 aliphatic rings. The highest BCUT2D eigenvalue weighted by molar-refractivity contribution is 6.32. The molecule has 4 nitrogen and oxygen atoms in total. The highest BCUT2D eigenvalue weighted by atomic mass is 35.5. The molecule has 0 saturated heterocycles. The number of carbonyl (C=O) groups is 1. The van der Waals surface area contributed by atoms with Crippen LogP contribution >= 0.6 is 11.6 Å². The summed E-state index contributed by atoms with van der Waals surface area (Å²) in [6.45, 7) is 2.93. The minimum atomic E-state index is 0.0232. The van der Waals surface area contributed by atoms with Crippen molar-refractivity contribution in [3.8, 4) is 5.75 Å². The van der Waals surface area contributed by atoms with Crippen molar-refractivity contribution in [1.82, 2.24) is 4.90 Å². The summed E-state index contributed by atoms with van der Waals surface area (Å²) >= 11 is 6.01. The summed E-state index contributed by atoms with van der Waals surface area (Å²) in [7, 11) is 5.09. The lowest BCUT2D eigenvalue weighted by atomic mass is 10.1. The number of ketones is 1. The van der Waals surface area contributed by atoms with Crippen LogP contribution in [0.15, 0.2) is 18.2 Å². The molecule has 0 fully saturated rings. The highest BCUT2D eigenvalue weighted by Crippen LogP contribution is 2.25. The predicted octanol–water partition coefficient (Wildman–Crippen LogP) is 2.50. The van der Waals surface area contributed by atoms with Crippen molar-refractivity contribution in [2.45, 2.75) is 13.0 Å². The normalized spacial score (nSPS) is 12.5. The SMILES string of the molecule is COCC(C)N(C)CC(=O)c1ccc(OC)c(Cl)c1. The van der Waals surface area contributed by atoms with Crippen LogP contribution in [0.5, 0.6) is 5.75 Å². The zero-order valence-corrected chi connectivity index (χ0v) is 12.5. The van der Waals surface area contributed by atoms with E-state index in [9.17, 15) is 4.79 Å². The van der Waals surface area contributed by atoms with Crippen LogP contribution in [0.25, 0.3) is 0 Å². The van der Waals surface area contributed by atoms with Gasteiger partial charge in [0, 0.05) is 18.7 Å². The molecule has 0 radical (unpaired) electrons. The lowest BCUT2D eigenvalue weighted by molar-refractivity contribution is 0.0841. The molecule has 1 aromatic carbocycles. The van der Waals surface area contributed by atoms with Crippen LogP contribution in [0.2, 0.25) is 5.02 Å². The number of likely N-dealkylation sites (N-methyl/N-ethyl adjacent to an activating group) is 1. The third-order valence-corrected chi connectivity index (χ3v) is 3.32. The van der Waals surface area contributed by atoms with Crippen LogP contribution in [0.4, 0.5) is 0 Å². The molecule has 0 aromatic heterocycles. The first-order chi connectivity index (χ1) is 8.99. The van der Waals surface area contributed by atoms with Crippen molar-refractivity contribution in [2.75, 3.05) is 34.4 Å². The maximum Gasteiger partial charge on any atom is 0.176 e. The quantitative estimate of drug-likeness (QED) is 0.722. The Hall–Kier alpha value is -1.10. The van der Waals surface area contributed by atoms with Crippen molar-refractivity contribution in [3.05, 3.63) is 28.8 Å². The molecule has 0 heterocycles. The van der Waals surface area contributed by atoms with Crippen molar-refractivity contribution in [1.29, 1.82) is 0 Å². The zero-order chi connectivity index (χ0) is 14.4. The monoisotopic (exact) mass is 285 g/mol. The number of nitrogens with zero attached hydrogens (tertiary/aromatic N) is 1. The van der Waals surface area contributed by atoms with Crippen LogP contribution in [0.3, 0.4) is 0 Å². The van der Waals surface area contributed by atoms with Gasteiger partial charge in [-0.3, -0.25) is 9.69 Å². The summed E-state index contributed by atoms with van der Waals surface area (Å²) in [6, 6.07) is 5.25. The van der Waals surface area contributed by atoms with E-state index in [1.165, 1.54) is 0 Å². The van der Waals surface area contributed by atoms with Gasteiger partial charge < -0.3 is 9.47 Å². The average Bonchev–Trinajstić information content (AvgIpc) is 2.38. The number of rotatable bonds is 7. The van der Waals surface area contributed by atoms with Crippen molar-refractivity contribution in [2.24, 2.45) is 0 Å². The lowest BCUT2D eigenvalue weighted by Crippen LogP contribution is -2.36. The second kappa shape index (κ2) is 7.48. The van der Waals surface area contributed by atoms with Gasteiger partial charge in [0.25, 0.3) is 0 Å². The van der Waals surface area contributed by atoms with Gasteiger partial charge in [-0.2, -0.15) is 0 Å². The maximum absolute atomic E-state index is 12.1. The second-order valence-electron chi connectivity index (χ2n) is 4.49. The molecule has 19 heavy (non-hydrogen) atoms. The Morgan fingerprint density at radius 2 is 2.11 bits per heavy atom. The van der Waals surface area contributed by atoms with Gasteiger partial charge in [0.1, 0.15) is 5.75 Å². The third-order valence-electron chi connectivity index (χ3n) is 3.03. The average molecular weight is 286 g/mol. The Kier molecular flexibility index (Phi) is 6.28. The molecule has 0 spiro atoms. The number of halogens is 1. The summed E-state index contributed by atoms with van der Waals surface area (Å²) in [6.07, 6.45) is 0. The number of ether oxygens (including phenoxy) is 2. The van der Waals surface area contributed by atoms with E-state index < -0.39 is 0 Å². The fourth-order valence-electron chi connectivity index (χ4n) is 1.68. The first-order valence-corrected chi connectivity index (χ1v) is 6.43. The molecule has 0 N–H and O–H groups in total. The fraction of sp³-hybridized carbons (Fsp3) is 0.500. The standard InChI is InChI=1S/C14H20ClNO3/c1-10(9-18-3)16(2)8-13(17)11-5-6-14(19-4)12(15)7-11/h5-7,10H,8-9H2,1-4H3. The van der Waals surface area contributed by atoms with E-state index in [1.807, 2.05) is 18.9 Å². The van der Waals surface area contributed by atoms with Crippen LogP contribution in [-0.2, 0) is 4.74 Å². The summed E-state index contributed by atoms with van der Waals surface area (Å²) in [4.78, 5) is 14.1. The van der Waals surface area contributed by atoms with E-state index in [0.717, 1.165) is 0 Å². The van der Waals surface area contributed by atoms with E-state index >= 15 is 0 Å². The molecule has 0 saturated carbocycles. The number of methoxy groups -OCH3 is 2. The van der Waals surface area contributed by atoms with Crippen LogP contribution < -0.4 is 4.74 Å². The molecule has 1 unspecified atom stereocenters. The molecule has 5 heteroatoms. The molecule has 1 aromatic rings. The minimum Gasteiger partial charge on any atom is -0.495 e. The Labute approximate surface area is 119 Å². The summed E-state index contributed by atoms with van der Waals surface area (Å²) in [5, 5.41) is 0.445. The van der Waals surface area contributed by atoms with E-state index in [4.69, 9.17) is 21.1 Å². The van der Waals surface area contributed by atoms with Crippen LogP contribution in [-0.4, -0.2) is 51.1 Å². The molecule has 0 amide bonds. The second-order valence-corrected chi connectivity index (χ2v) is 4.90. The van der Waals surface area contributed by atoms with Crippen molar-refractivity contribution in [3.63, 3.8) is 0 Å². The van der Waals surface area contributed by atoms with Crippen molar-refractivity contribution >= 4 is 17.4 Å². The summed E-state index contributed by atoms with van der Waals surface area (Å²) < 4.78 is 10.1. The molecular formula is C14H20ClNO3. The third kappa shape index (κ3) is 4.49. The first kappa shape index (κ1) is 16.0. The zero-order valence-electron chi connectivity index (χ0n) is 11.8. The Bertz CT molecular complexity index is 437. The highest BCUT2D eigenvalue weighted by Gasteiger charge is 2.15. The van der Waals surface area contributed by atoms with Gasteiger partial charge >= 0.3 is 0 Å². The van der Waals surface area contributed by atoms with Crippen molar-refractivity contribution < 1.29 is 14.3 Å². The van der Waals surface area contributed by atoms with Crippen LogP contribution in [0.1, 0.15) is 17.3 Å². The Morgan fingerprint density at radius 1 is 1.42 bits per heavy atom. The van der Waals surface area contributed by atoms with Gasteiger partial charge in [-0.05, 0) is 32.2 Å². The van der Waals surface area contributed by atoms with Gasteiger partial charge in [-0.25, -0.2) is 0 Å². The molecule has 106 valence electrons. The Balaban J connectivity index is 2.70. The number of Topliss-reactive ketones (excluding diaryl/α,β-unsaturated/α-hetero) is 1. The minimum absolute atomic E-state index is 0.0232. The van der Waals surface area contributed by atoms with E-state index in [2.05, 4.69) is 0 Å². The van der Waals surface area contributed by atoms with Gasteiger partial charge in [0.15, 0.2) is 5.78 Å². The number of hydrogen-bond donors (Lipinski definition) is 0. The topological polar surface area (TPSA) is 38.8 Å². The Morgan fingerprint density at radius 3 is 2.63 bits per heavy atom. The summed E-state index contributed by atoms with van der Waals surface area (Å²) in [5.41, 5.74) is 0.585. The van der Waals surface area contributed by atoms with Crippen LogP contribution in [0, 0.1) is 0 Å². The first-order valence-electron chi connectivity index (χ1n) is 6.05.